The van der Waals surface area contributed by atoms with Gasteiger partial charge in [0.25, 0.3) is 0 Å². The lowest BCUT2D eigenvalue weighted by molar-refractivity contribution is -0.155. The van der Waals surface area contributed by atoms with Crippen molar-refractivity contribution in [2.75, 3.05) is 19.8 Å². The molecule has 4 heteroatoms. The third-order valence-corrected chi connectivity index (χ3v) is 2.30. The highest BCUT2D eigenvalue weighted by Crippen LogP contribution is 2.13. The molecule has 1 aliphatic rings. The van der Waals surface area contributed by atoms with Crippen molar-refractivity contribution < 1.29 is 19.7 Å². The second-order valence-corrected chi connectivity index (χ2v) is 3.67. The minimum Gasteiger partial charge on any atom is -0.394 e. The number of hydrogen-bond donors (Lipinski definition) is 2. The molecular formula is C11H20O4. The van der Waals surface area contributed by atoms with E-state index in [1.807, 2.05) is 12.2 Å². The maximum Gasteiger partial charge on any atom is 0.157 e. The van der Waals surface area contributed by atoms with Crippen molar-refractivity contribution in [2.24, 2.45) is 0 Å². The Bertz CT molecular complexity index is 175. The van der Waals surface area contributed by atoms with Crippen LogP contribution >= 0.6 is 0 Å². The average molecular weight is 216 g/mol. The van der Waals surface area contributed by atoms with Crippen molar-refractivity contribution in [3.8, 4) is 0 Å². The zero-order chi connectivity index (χ0) is 10.9. The quantitative estimate of drug-likeness (QED) is 0.646. The fourth-order valence-corrected chi connectivity index (χ4v) is 1.40. The van der Waals surface area contributed by atoms with Gasteiger partial charge in [-0.25, -0.2) is 0 Å². The Kier molecular flexibility index (Phi) is 6.59. The second-order valence-electron chi connectivity index (χ2n) is 3.67. The third kappa shape index (κ3) is 5.89. The predicted molar refractivity (Wildman–Crippen MR) is 56.4 cm³/mol. The number of aliphatic hydroxyl groups excluding tert-OH is 2. The van der Waals surface area contributed by atoms with Crippen molar-refractivity contribution >= 4 is 0 Å². The lowest BCUT2D eigenvalue weighted by atomic mass is 10.2. The van der Waals surface area contributed by atoms with Gasteiger partial charge in [0.15, 0.2) is 6.29 Å². The Balaban J connectivity index is 1.99. The van der Waals surface area contributed by atoms with E-state index in [-0.39, 0.29) is 12.9 Å². The first-order chi connectivity index (χ1) is 7.33. The van der Waals surface area contributed by atoms with Gasteiger partial charge in [0.2, 0.25) is 0 Å². The summed E-state index contributed by atoms with van der Waals surface area (Å²) in [4.78, 5) is 0. The number of hydrogen-bond acceptors (Lipinski definition) is 4. The van der Waals surface area contributed by atoms with E-state index in [9.17, 15) is 0 Å². The summed E-state index contributed by atoms with van der Waals surface area (Å²) in [6.07, 6.45) is 6.65. The van der Waals surface area contributed by atoms with E-state index in [1.54, 1.807) is 0 Å². The molecule has 1 unspecified atom stereocenters. The smallest absolute Gasteiger partial charge is 0.157 e. The molecule has 0 aromatic heterocycles. The summed E-state index contributed by atoms with van der Waals surface area (Å²) in [5.74, 6) is 0. The summed E-state index contributed by atoms with van der Waals surface area (Å²) in [6, 6.07) is 0. The Hall–Kier alpha value is -0.420. The Labute approximate surface area is 90.5 Å². The second kappa shape index (κ2) is 7.82. The first-order valence-electron chi connectivity index (χ1n) is 5.50. The first-order valence-corrected chi connectivity index (χ1v) is 5.50. The minimum absolute atomic E-state index is 0.0637. The van der Waals surface area contributed by atoms with Crippen LogP contribution < -0.4 is 0 Å². The van der Waals surface area contributed by atoms with Crippen LogP contribution in [-0.4, -0.2) is 42.4 Å². The topological polar surface area (TPSA) is 58.9 Å². The maximum atomic E-state index is 9.04. The minimum atomic E-state index is -0.660. The van der Waals surface area contributed by atoms with E-state index in [0.29, 0.717) is 13.0 Å². The normalized spacial score (nSPS) is 24.5. The molecule has 0 aromatic rings. The molecule has 1 rings (SSSR count). The van der Waals surface area contributed by atoms with Gasteiger partial charge in [0.05, 0.1) is 19.3 Å². The van der Waals surface area contributed by atoms with Gasteiger partial charge in [0, 0.05) is 6.61 Å². The Morgan fingerprint density at radius 1 is 1.40 bits per heavy atom. The van der Waals surface area contributed by atoms with Gasteiger partial charge in [-0.1, -0.05) is 12.2 Å². The highest BCUT2D eigenvalue weighted by molar-refractivity contribution is 4.84. The van der Waals surface area contributed by atoms with Gasteiger partial charge in [-0.2, -0.15) is 0 Å². The summed E-state index contributed by atoms with van der Waals surface area (Å²) in [6.45, 7) is 1.09. The van der Waals surface area contributed by atoms with Crippen molar-refractivity contribution in [3.05, 3.63) is 12.2 Å². The molecule has 1 heterocycles. The summed E-state index contributed by atoms with van der Waals surface area (Å²) in [7, 11) is 0. The van der Waals surface area contributed by atoms with Gasteiger partial charge in [-0.15, -0.1) is 0 Å². The molecule has 0 saturated carbocycles. The summed E-state index contributed by atoms with van der Waals surface area (Å²) < 4.78 is 10.8. The monoisotopic (exact) mass is 216 g/mol. The van der Waals surface area contributed by atoms with Crippen molar-refractivity contribution in [1.82, 2.24) is 0 Å². The van der Waals surface area contributed by atoms with Crippen molar-refractivity contribution in [2.45, 2.75) is 38.1 Å². The Morgan fingerprint density at radius 3 is 2.93 bits per heavy atom. The molecule has 4 nitrogen and oxygen atoms in total. The van der Waals surface area contributed by atoms with Crippen molar-refractivity contribution in [3.63, 3.8) is 0 Å². The predicted octanol–water partition coefficient (Wildman–Crippen LogP) is 0.829. The van der Waals surface area contributed by atoms with Crippen molar-refractivity contribution in [1.29, 1.82) is 0 Å². The van der Waals surface area contributed by atoms with Gasteiger partial charge in [-0.3, -0.25) is 0 Å². The molecule has 0 amide bonds. The highest BCUT2D eigenvalue weighted by Gasteiger charge is 2.12. The molecule has 1 fully saturated rings. The van der Waals surface area contributed by atoms with Crippen LogP contribution in [-0.2, 0) is 9.47 Å². The van der Waals surface area contributed by atoms with Crippen LogP contribution in [0.1, 0.15) is 25.7 Å². The number of aliphatic hydroxyl groups is 2. The van der Waals surface area contributed by atoms with E-state index in [0.717, 1.165) is 25.9 Å². The number of rotatable bonds is 6. The van der Waals surface area contributed by atoms with E-state index in [4.69, 9.17) is 19.7 Å². The molecule has 0 radical (unpaired) electrons. The molecule has 0 aromatic carbocycles. The fraction of sp³-hybridized carbons (Fsp3) is 0.818. The molecule has 0 aliphatic carbocycles. The molecule has 0 bridgehead atoms. The lowest BCUT2D eigenvalue weighted by Gasteiger charge is -2.21. The van der Waals surface area contributed by atoms with Gasteiger partial charge in [0.1, 0.15) is 0 Å². The molecule has 1 saturated heterocycles. The van der Waals surface area contributed by atoms with Gasteiger partial charge < -0.3 is 19.7 Å². The maximum absolute atomic E-state index is 9.04. The van der Waals surface area contributed by atoms with Gasteiger partial charge >= 0.3 is 0 Å². The summed E-state index contributed by atoms with van der Waals surface area (Å²) in [5.41, 5.74) is 0. The van der Waals surface area contributed by atoms with Crippen LogP contribution in [0.2, 0.25) is 0 Å². The summed E-state index contributed by atoms with van der Waals surface area (Å²) in [5, 5.41) is 17.6. The van der Waals surface area contributed by atoms with Crippen LogP contribution in [0.5, 0.6) is 0 Å². The lowest BCUT2D eigenvalue weighted by Crippen LogP contribution is -2.22. The van der Waals surface area contributed by atoms with Crippen LogP contribution in [0.4, 0.5) is 0 Å². The largest absolute Gasteiger partial charge is 0.394 e. The molecule has 2 N–H and O–H groups in total. The Morgan fingerprint density at radius 2 is 2.27 bits per heavy atom. The third-order valence-electron chi connectivity index (χ3n) is 2.30. The van der Waals surface area contributed by atoms with Crippen LogP contribution in [0.25, 0.3) is 0 Å². The van der Waals surface area contributed by atoms with Crippen LogP contribution in [0.15, 0.2) is 12.2 Å². The number of ether oxygens (including phenoxy) is 2. The van der Waals surface area contributed by atoms with E-state index < -0.39 is 6.10 Å². The molecule has 0 spiro atoms. The zero-order valence-electron chi connectivity index (χ0n) is 8.97. The molecule has 15 heavy (non-hydrogen) atoms. The van der Waals surface area contributed by atoms with E-state index in [1.165, 1.54) is 0 Å². The standard InChI is InChI=1S/C11H20O4/c12-9-10(13)5-1-3-7-14-11-6-2-4-8-15-11/h1,3,10-13H,2,4-9H2/b3-1+/t10-,11?/m0/s1. The van der Waals surface area contributed by atoms with Crippen LogP contribution in [0, 0.1) is 0 Å². The van der Waals surface area contributed by atoms with Crippen LogP contribution in [0.3, 0.4) is 0 Å². The molecule has 1 aliphatic heterocycles. The summed E-state index contributed by atoms with van der Waals surface area (Å²) >= 11 is 0. The molecular weight excluding hydrogens is 196 g/mol. The van der Waals surface area contributed by atoms with Gasteiger partial charge in [-0.05, 0) is 25.7 Å². The first kappa shape index (κ1) is 12.6. The SMILES string of the molecule is OC[C@@H](O)C/C=C/COC1CCCCO1. The van der Waals surface area contributed by atoms with E-state index >= 15 is 0 Å². The fourth-order valence-electron chi connectivity index (χ4n) is 1.40. The highest BCUT2D eigenvalue weighted by atomic mass is 16.7. The van der Waals surface area contributed by atoms with E-state index in [2.05, 4.69) is 0 Å². The average Bonchev–Trinajstić information content (AvgIpc) is 2.29. The zero-order valence-corrected chi connectivity index (χ0v) is 8.97. The molecule has 2 atom stereocenters. The molecule has 88 valence electrons.